The summed E-state index contributed by atoms with van der Waals surface area (Å²) in [5, 5.41) is 19.9. The number of aliphatic carboxylic acids is 1. The minimum Gasteiger partial charge on any atom is -0.481 e. The molecule has 9 heteroatoms. The molecule has 0 saturated heterocycles. The van der Waals surface area contributed by atoms with Gasteiger partial charge in [-0.15, -0.1) is 0 Å². The van der Waals surface area contributed by atoms with Crippen molar-refractivity contribution in [3.63, 3.8) is 0 Å². The fourth-order valence-corrected chi connectivity index (χ4v) is 3.98. The monoisotopic (exact) mass is 314 g/mol. The molecule has 1 aliphatic rings. The Morgan fingerprint density at radius 3 is 2.62 bits per heavy atom. The van der Waals surface area contributed by atoms with Crippen molar-refractivity contribution in [2.24, 2.45) is 5.92 Å². The first-order valence-electron chi connectivity index (χ1n) is 6.31. The standard InChI is InChI=1S/C12H14N2O6S/c15-12(16)8-4-3-5-9(8)13-21(19,20)11-7-2-1-6-10(11)14(17)18/h1-2,6-9,13H,3-5H2,(H,15,16). The maximum absolute atomic E-state index is 12.3. The third kappa shape index (κ3) is 3.19. The van der Waals surface area contributed by atoms with E-state index in [0.29, 0.717) is 19.3 Å². The van der Waals surface area contributed by atoms with Gasteiger partial charge < -0.3 is 5.11 Å². The van der Waals surface area contributed by atoms with Crippen molar-refractivity contribution < 1.29 is 23.2 Å². The van der Waals surface area contributed by atoms with E-state index in [1.807, 2.05) is 0 Å². The quantitative estimate of drug-likeness (QED) is 0.619. The SMILES string of the molecule is O=C(O)C1CCCC1NS(=O)(=O)c1ccccc1[N+](=O)[O-]. The number of rotatable bonds is 5. The average molecular weight is 314 g/mol. The van der Waals surface area contributed by atoms with Crippen LogP contribution >= 0.6 is 0 Å². The Bertz CT molecular complexity index is 672. The summed E-state index contributed by atoms with van der Waals surface area (Å²) in [6.45, 7) is 0. The van der Waals surface area contributed by atoms with E-state index < -0.39 is 43.5 Å². The Balaban J connectivity index is 2.31. The molecule has 1 saturated carbocycles. The van der Waals surface area contributed by atoms with Crippen LogP contribution in [0.5, 0.6) is 0 Å². The molecule has 0 aliphatic heterocycles. The molecule has 0 heterocycles. The predicted octanol–water partition coefficient (Wildman–Crippen LogP) is 1.13. The number of nitro groups is 1. The number of para-hydroxylation sites is 1. The largest absolute Gasteiger partial charge is 0.481 e. The molecule has 2 atom stereocenters. The topological polar surface area (TPSA) is 127 Å². The number of nitrogens with one attached hydrogen (secondary N) is 1. The Morgan fingerprint density at radius 2 is 2.00 bits per heavy atom. The fourth-order valence-electron chi connectivity index (χ4n) is 2.49. The van der Waals surface area contributed by atoms with Crippen LogP contribution in [-0.4, -0.2) is 30.5 Å². The van der Waals surface area contributed by atoms with E-state index in [1.54, 1.807) is 0 Å². The average Bonchev–Trinajstić information content (AvgIpc) is 2.86. The lowest BCUT2D eigenvalue weighted by molar-refractivity contribution is -0.387. The van der Waals surface area contributed by atoms with Crippen molar-refractivity contribution >= 4 is 21.7 Å². The molecule has 8 nitrogen and oxygen atoms in total. The summed E-state index contributed by atoms with van der Waals surface area (Å²) in [4.78, 5) is 20.7. The van der Waals surface area contributed by atoms with E-state index >= 15 is 0 Å². The van der Waals surface area contributed by atoms with E-state index in [9.17, 15) is 23.3 Å². The Labute approximate surface area is 121 Å². The summed E-state index contributed by atoms with van der Waals surface area (Å²) in [5.74, 6) is -1.87. The molecule has 0 aromatic heterocycles. The highest BCUT2D eigenvalue weighted by molar-refractivity contribution is 7.89. The molecular formula is C12H14N2O6S. The number of hydrogen-bond donors (Lipinski definition) is 2. The number of carboxylic acids is 1. The molecule has 2 N–H and O–H groups in total. The number of carbonyl (C=O) groups is 1. The lowest BCUT2D eigenvalue weighted by atomic mass is 10.1. The van der Waals surface area contributed by atoms with Crippen LogP contribution in [-0.2, 0) is 14.8 Å². The van der Waals surface area contributed by atoms with Crippen LogP contribution in [0, 0.1) is 16.0 Å². The summed E-state index contributed by atoms with van der Waals surface area (Å²) < 4.78 is 26.8. The van der Waals surface area contributed by atoms with Gasteiger partial charge in [0.1, 0.15) is 0 Å². The molecule has 0 amide bonds. The highest BCUT2D eigenvalue weighted by Gasteiger charge is 2.37. The smallest absolute Gasteiger partial charge is 0.308 e. The van der Waals surface area contributed by atoms with Gasteiger partial charge >= 0.3 is 5.97 Å². The third-order valence-electron chi connectivity index (χ3n) is 3.49. The third-order valence-corrected chi connectivity index (χ3v) is 5.03. The van der Waals surface area contributed by atoms with E-state index in [1.165, 1.54) is 12.1 Å². The first-order chi connectivity index (χ1) is 9.83. The van der Waals surface area contributed by atoms with E-state index in [0.717, 1.165) is 12.1 Å². The van der Waals surface area contributed by atoms with Crippen LogP contribution in [0.3, 0.4) is 0 Å². The van der Waals surface area contributed by atoms with Crippen LogP contribution < -0.4 is 4.72 Å². The van der Waals surface area contributed by atoms with Gasteiger partial charge in [-0.3, -0.25) is 14.9 Å². The van der Waals surface area contributed by atoms with Crippen molar-refractivity contribution in [1.29, 1.82) is 0 Å². The van der Waals surface area contributed by atoms with Crippen molar-refractivity contribution in [2.45, 2.75) is 30.2 Å². The molecule has 1 aliphatic carbocycles. The zero-order chi connectivity index (χ0) is 15.6. The lowest BCUT2D eigenvalue weighted by Gasteiger charge is -2.17. The van der Waals surface area contributed by atoms with Crippen molar-refractivity contribution in [3.05, 3.63) is 34.4 Å². The number of nitro benzene ring substituents is 1. The van der Waals surface area contributed by atoms with Gasteiger partial charge in [-0.2, -0.15) is 0 Å². The second-order valence-electron chi connectivity index (χ2n) is 4.83. The summed E-state index contributed by atoms with van der Waals surface area (Å²) in [6.07, 6.45) is 1.39. The normalized spacial score (nSPS) is 22.1. The molecule has 0 spiro atoms. The number of sulfonamides is 1. The molecule has 21 heavy (non-hydrogen) atoms. The molecule has 1 aromatic rings. The minimum absolute atomic E-state index is 0.388. The summed E-state index contributed by atoms with van der Waals surface area (Å²) >= 11 is 0. The predicted molar refractivity (Wildman–Crippen MR) is 72.2 cm³/mol. The van der Waals surface area contributed by atoms with Crippen LogP contribution in [0.15, 0.2) is 29.2 Å². The van der Waals surface area contributed by atoms with Gasteiger partial charge in [-0.05, 0) is 18.9 Å². The van der Waals surface area contributed by atoms with Gasteiger partial charge in [0, 0.05) is 12.1 Å². The summed E-state index contributed by atoms with van der Waals surface area (Å²) in [7, 11) is -4.14. The molecule has 2 unspecified atom stereocenters. The minimum atomic E-state index is -4.14. The molecule has 1 aromatic carbocycles. The van der Waals surface area contributed by atoms with Crippen LogP contribution in [0.4, 0.5) is 5.69 Å². The van der Waals surface area contributed by atoms with Gasteiger partial charge in [0.2, 0.25) is 10.0 Å². The first-order valence-corrected chi connectivity index (χ1v) is 7.80. The zero-order valence-electron chi connectivity index (χ0n) is 10.9. The maximum Gasteiger partial charge on any atom is 0.308 e. The molecule has 2 rings (SSSR count). The van der Waals surface area contributed by atoms with E-state index in [2.05, 4.69) is 4.72 Å². The highest BCUT2D eigenvalue weighted by atomic mass is 32.2. The van der Waals surface area contributed by atoms with Gasteiger partial charge in [0.15, 0.2) is 4.90 Å². The first kappa shape index (κ1) is 15.4. The lowest BCUT2D eigenvalue weighted by Crippen LogP contribution is -2.40. The molecule has 0 radical (unpaired) electrons. The Morgan fingerprint density at radius 1 is 1.33 bits per heavy atom. The Kier molecular flexibility index (Phi) is 4.24. The number of carboxylic acid groups (broad SMARTS) is 1. The second-order valence-corrected chi connectivity index (χ2v) is 6.51. The maximum atomic E-state index is 12.3. The number of benzene rings is 1. The molecule has 1 fully saturated rings. The van der Waals surface area contributed by atoms with Crippen molar-refractivity contribution in [2.75, 3.05) is 0 Å². The molecule has 114 valence electrons. The zero-order valence-corrected chi connectivity index (χ0v) is 11.7. The number of hydrogen-bond acceptors (Lipinski definition) is 5. The number of nitrogens with zero attached hydrogens (tertiary/aromatic N) is 1. The van der Waals surface area contributed by atoms with E-state index in [-0.39, 0.29) is 0 Å². The summed E-state index contributed by atoms with van der Waals surface area (Å²) in [6, 6.07) is 4.23. The molecular weight excluding hydrogens is 300 g/mol. The van der Waals surface area contributed by atoms with E-state index in [4.69, 9.17) is 5.11 Å². The van der Waals surface area contributed by atoms with Gasteiger partial charge in [-0.1, -0.05) is 18.6 Å². The van der Waals surface area contributed by atoms with Crippen LogP contribution in [0.1, 0.15) is 19.3 Å². The Hall–Kier alpha value is -2.00. The summed E-state index contributed by atoms with van der Waals surface area (Å²) in [5.41, 5.74) is -0.533. The van der Waals surface area contributed by atoms with Crippen molar-refractivity contribution in [1.82, 2.24) is 4.72 Å². The van der Waals surface area contributed by atoms with Crippen LogP contribution in [0.25, 0.3) is 0 Å². The van der Waals surface area contributed by atoms with Crippen LogP contribution in [0.2, 0.25) is 0 Å². The second kappa shape index (κ2) is 5.78. The van der Waals surface area contributed by atoms with Gasteiger partial charge in [0.05, 0.1) is 10.8 Å². The van der Waals surface area contributed by atoms with Gasteiger partial charge in [-0.25, -0.2) is 13.1 Å². The highest BCUT2D eigenvalue weighted by Crippen LogP contribution is 2.29. The van der Waals surface area contributed by atoms with Gasteiger partial charge in [0.25, 0.3) is 5.69 Å². The fraction of sp³-hybridized carbons (Fsp3) is 0.417. The molecule has 0 bridgehead atoms. The van der Waals surface area contributed by atoms with Crippen molar-refractivity contribution in [3.8, 4) is 0 Å².